The number of hydrogen-bond donors (Lipinski definition) is 1. The van der Waals surface area contributed by atoms with Gasteiger partial charge in [-0.05, 0) is 62.1 Å². The maximum Gasteiger partial charge on any atom is 0.119 e. The molecular formula is C19H23NO. The lowest BCUT2D eigenvalue weighted by atomic mass is 10.1. The van der Waals surface area contributed by atoms with E-state index in [2.05, 4.69) is 54.7 Å². The molecule has 1 atom stereocenters. The lowest BCUT2D eigenvalue weighted by molar-refractivity contribution is 0.273. The number of aryl methyl sites for hydroxylation is 3. The molecule has 0 aliphatic heterocycles. The molecule has 0 amide bonds. The fourth-order valence-corrected chi connectivity index (χ4v) is 2.96. The number of nitrogens with one attached hydrogen (secondary N) is 1. The van der Waals surface area contributed by atoms with E-state index in [0.29, 0.717) is 6.61 Å². The van der Waals surface area contributed by atoms with Crippen molar-refractivity contribution in [3.05, 3.63) is 64.7 Å². The van der Waals surface area contributed by atoms with E-state index in [9.17, 15) is 0 Å². The quantitative estimate of drug-likeness (QED) is 0.899. The topological polar surface area (TPSA) is 21.3 Å². The summed E-state index contributed by atoms with van der Waals surface area (Å²) in [6, 6.07) is 15.4. The Morgan fingerprint density at radius 3 is 2.57 bits per heavy atom. The van der Waals surface area contributed by atoms with Gasteiger partial charge in [-0.25, -0.2) is 0 Å². The zero-order chi connectivity index (χ0) is 14.7. The van der Waals surface area contributed by atoms with Crippen LogP contribution in [0.2, 0.25) is 0 Å². The van der Waals surface area contributed by atoms with Crippen LogP contribution in [0, 0.1) is 6.92 Å². The van der Waals surface area contributed by atoms with Crippen molar-refractivity contribution in [3.8, 4) is 5.75 Å². The molecule has 0 aromatic heterocycles. The number of hydrogen-bond acceptors (Lipinski definition) is 2. The lowest BCUT2D eigenvalue weighted by Crippen LogP contribution is -2.23. The lowest BCUT2D eigenvalue weighted by Gasteiger charge is -2.18. The van der Waals surface area contributed by atoms with Crippen LogP contribution in [0.3, 0.4) is 0 Å². The van der Waals surface area contributed by atoms with Crippen molar-refractivity contribution >= 4 is 0 Å². The third kappa shape index (κ3) is 3.27. The second-order valence-corrected chi connectivity index (χ2v) is 5.85. The molecule has 2 heteroatoms. The Balaban J connectivity index is 1.66. The zero-order valence-electron chi connectivity index (χ0n) is 12.9. The summed E-state index contributed by atoms with van der Waals surface area (Å²) in [5, 5.41) is 3.34. The molecule has 0 fully saturated rings. The van der Waals surface area contributed by atoms with Gasteiger partial charge in [0.2, 0.25) is 0 Å². The van der Waals surface area contributed by atoms with Crippen molar-refractivity contribution < 1.29 is 4.74 Å². The molecule has 1 aliphatic carbocycles. The van der Waals surface area contributed by atoms with Gasteiger partial charge in [0.05, 0.1) is 6.04 Å². The molecule has 0 radical (unpaired) electrons. The van der Waals surface area contributed by atoms with Gasteiger partial charge in [0.25, 0.3) is 0 Å². The number of fused-ring (bicyclic) bond motifs is 1. The summed E-state index contributed by atoms with van der Waals surface area (Å²) in [4.78, 5) is 0. The van der Waals surface area contributed by atoms with E-state index >= 15 is 0 Å². The predicted molar refractivity (Wildman–Crippen MR) is 86.9 cm³/mol. The minimum atomic E-state index is 0.221. The molecule has 110 valence electrons. The monoisotopic (exact) mass is 281 g/mol. The molecule has 1 N–H and O–H groups in total. The molecule has 0 heterocycles. The zero-order valence-corrected chi connectivity index (χ0v) is 12.9. The summed E-state index contributed by atoms with van der Waals surface area (Å²) < 4.78 is 6.01. The highest BCUT2D eigenvalue weighted by atomic mass is 16.5. The summed E-state index contributed by atoms with van der Waals surface area (Å²) >= 11 is 0. The number of benzene rings is 2. The average molecular weight is 281 g/mol. The minimum absolute atomic E-state index is 0.221. The summed E-state index contributed by atoms with van der Waals surface area (Å²) in [7, 11) is 1.98. The second-order valence-electron chi connectivity index (χ2n) is 5.85. The first kappa shape index (κ1) is 14.2. The van der Waals surface area contributed by atoms with Gasteiger partial charge in [-0.2, -0.15) is 0 Å². The van der Waals surface area contributed by atoms with Crippen LogP contribution < -0.4 is 10.1 Å². The van der Waals surface area contributed by atoms with Crippen LogP contribution in [0.15, 0.2) is 42.5 Å². The molecule has 1 aliphatic rings. The van der Waals surface area contributed by atoms with Crippen LogP contribution >= 0.6 is 0 Å². The van der Waals surface area contributed by atoms with Crippen LogP contribution in [0.1, 0.15) is 34.7 Å². The van der Waals surface area contributed by atoms with Crippen molar-refractivity contribution in [1.29, 1.82) is 0 Å². The minimum Gasteiger partial charge on any atom is -0.492 e. The Labute approximate surface area is 127 Å². The van der Waals surface area contributed by atoms with E-state index in [0.717, 1.165) is 5.75 Å². The van der Waals surface area contributed by atoms with E-state index in [1.807, 2.05) is 7.05 Å². The van der Waals surface area contributed by atoms with Gasteiger partial charge >= 0.3 is 0 Å². The molecule has 0 bridgehead atoms. The van der Waals surface area contributed by atoms with Crippen LogP contribution in [-0.2, 0) is 12.8 Å². The van der Waals surface area contributed by atoms with E-state index < -0.39 is 0 Å². The maximum atomic E-state index is 6.01. The molecule has 1 unspecified atom stereocenters. The van der Waals surface area contributed by atoms with Gasteiger partial charge in [-0.1, -0.05) is 35.9 Å². The van der Waals surface area contributed by atoms with Crippen molar-refractivity contribution in [2.75, 3.05) is 13.7 Å². The highest BCUT2D eigenvalue weighted by Gasteiger charge is 2.13. The fourth-order valence-electron chi connectivity index (χ4n) is 2.96. The smallest absolute Gasteiger partial charge is 0.119 e. The maximum absolute atomic E-state index is 6.01. The molecule has 0 spiro atoms. The number of likely N-dealkylation sites (N-methyl/N-ethyl adjacent to an activating group) is 1. The summed E-state index contributed by atoms with van der Waals surface area (Å²) in [5.41, 5.74) is 5.51. The fraction of sp³-hybridized carbons (Fsp3) is 0.368. The van der Waals surface area contributed by atoms with Gasteiger partial charge in [0.15, 0.2) is 0 Å². The van der Waals surface area contributed by atoms with Gasteiger partial charge in [-0.15, -0.1) is 0 Å². The first-order chi connectivity index (χ1) is 10.3. The predicted octanol–water partition coefficient (Wildman–Crippen LogP) is 3.82. The highest BCUT2D eigenvalue weighted by Crippen LogP contribution is 2.26. The molecule has 2 aromatic carbocycles. The average Bonchev–Trinajstić information content (AvgIpc) is 2.97. The van der Waals surface area contributed by atoms with Crippen LogP contribution in [0.5, 0.6) is 5.75 Å². The van der Waals surface area contributed by atoms with Crippen LogP contribution in [-0.4, -0.2) is 13.7 Å². The van der Waals surface area contributed by atoms with Crippen molar-refractivity contribution in [1.82, 2.24) is 5.32 Å². The summed E-state index contributed by atoms with van der Waals surface area (Å²) in [6.07, 6.45) is 3.69. The molecular weight excluding hydrogens is 258 g/mol. The third-order valence-electron chi connectivity index (χ3n) is 4.31. The normalized spacial score (nSPS) is 14.8. The Kier molecular flexibility index (Phi) is 4.26. The first-order valence-electron chi connectivity index (χ1n) is 7.74. The van der Waals surface area contributed by atoms with Gasteiger partial charge < -0.3 is 10.1 Å². The van der Waals surface area contributed by atoms with E-state index in [1.54, 1.807) is 0 Å². The largest absolute Gasteiger partial charge is 0.492 e. The van der Waals surface area contributed by atoms with Crippen molar-refractivity contribution in [3.63, 3.8) is 0 Å². The Hall–Kier alpha value is -1.80. The van der Waals surface area contributed by atoms with Crippen LogP contribution in [0.4, 0.5) is 0 Å². The Bertz CT molecular complexity index is 603. The van der Waals surface area contributed by atoms with E-state index in [1.165, 1.54) is 41.5 Å². The van der Waals surface area contributed by atoms with E-state index in [-0.39, 0.29) is 6.04 Å². The first-order valence-corrected chi connectivity index (χ1v) is 7.74. The van der Waals surface area contributed by atoms with Gasteiger partial charge in [0, 0.05) is 0 Å². The molecule has 0 saturated heterocycles. The third-order valence-corrected chi connectivity index (χ3v) is 4.31. The van der Waals surface area contributed by atoms with Crippen LogP contribution in [0.25, 0.3) is 0 Å². The second kappa shape index (κ2) is 6.31. The molecule has 3 rings (SSSR count). The summed E-state index contributed by atoms with van der Waals surface area (Å²) in [6.45, 7) is 2.76. The Morgan fingerprint density at radius 1 is 1.05 bits per heavy atom. The number of rotatable bonds is 5. The summed E-state index contributed by atoms with van der Waals surface area (Å²) in [5.74, 6) is 0.989. The standard InChI is InChI=1S/C19H23NO/c1-14-6-8-16(9-7-14)19(20-2)13-21-18-11-10-15-4-3-5-17(15)12-18/h6-12,19-20H,3-5,13H2,1-2H3. The number of ether oxygens (including phenoxy) is 1. The molecule has 2 aromatic rings. The van der Waals surface area contributed by atoms with Gasteiger partial charge in [0.1, 0.15) is 12.4 Å². The van der Waals surface area contributed by atoms with E-state index in [4.69, 9.17) is 4.74 Å². The van der Waals surface area contributed by atoms with Crippen molar-refractivity contribution in [2.24, 2.45) is 0 Å². The van der Waals surface area contributed by atoms with Gasteiger partial charge in [-0.3, -0.25) is 0 Å². The molecule has 0 saturated carbocycles. The molecule has 2 nitrogen and oxygen atoms in total. The SMILES string of the molecule is CNC(COc1ccc2c(c1)CCC2)c1ccc(C)cc1. The van der Waals surface area contributed by atoms with Crippen molar-refractivity contribution in [2.45, 2.75) is 32.2 Å². The Morgan fingerprint density at radius 2 is 1.81 bits per heavy atom. The highest BCUT2D eigenvalue weighted by molar-refractivity contribution is 5.38. The molecule has 21 heavy (non-hydrogen) atoms.